The fourth-order valence-electron chi connectivity index (χ4n) is 1.89. The van der Waals surface area contributed by atoms with Crippen molar-refractivity contribution in [3.63, 3.8) is 0 Å². The summed E-state index contributed by atoms with van der Waals surface area (Å²) in [6.07, 6.45) is 0.908. The molecule has 0 spiro atoms. The van der Waals surface area contributed by atoms with Crippen molar-refractivity contribution >= 4 is 6.98 Å². The second kappa shape index (κ2) is 3.33. The molecule has 1 aromatic rings. The maximum atomic E-state index is 12.3. The molecule has 0 unspecified atom stereocenters. The van der Waals surface area contributed by atoms with Gasteiger partial charge in [-0.15, -0.1) is 0 Å². The van der Waals surface area contributed by atoms with Gasteiger partial charge in [0.15, 0.2) is 0 Å². The Morgan fingerprint density at radius 2 is 1.79 bits per heavy atom. The van der Waals surface area contributed by atoms with E-state index in [1.54, 1.807) is 0 Å². The maximum Gasteiger partial charge on any atom is 0.481 e. The molecule has 4 heteroatoms. The van der Waals surface area contributed by atoms with Gasteiger partial charge in [0.2, 0.25) is 0 Å². The minimum absolute atomic E-state index is 0.155. The zero-order valence-electron chi connectivity index (χ0n) is 7.67. The lowest BCUT2D eigenvalue weighted by Gasteiger charge is -2.12. The van der Waals surface area contributed by atoms with E-state index in [9.17, 15) is 12.9 Å². The van der Waals surface area contributed by atoms with Gasteiger partial charge in [0.05, 0.1) is 0 Å². The Balaban J connectivity index is 1.91. The van der Waals surface area contributed by atoms with Crippen LogP contribution in [-0.2, 0) is 6.42 Å². The van der Waals surface area contributed by atoms with Crippen molar-refractivity contribution in [3.05, 3.63) is 35.9 Å². The lowest BCUT2D eigenvalue weighted by atomic mass is 9.81. The first-order chi connectivity index (χ1) is 6.57. The maximum absolute atomic E-state index is 12.3. The highest BCUT2D eigenvalue weighted by Gasteiger charge is 2.50. The first kappa shape index (κ1) is 9.62. The van der Waals surface area contributed by atoms with Crippen LogP contribution in [0.1, 0.15) is 12.0 Å². The van der Waals surface area contributed by atoms with Crippen LogP contribution in [0.2, 0.25) is 5.82 Å². The predicted molar refractivity (Wildman–Crippen MR) is 51.1 cm³/mol. The summed E-state index contributed by atoms with van der Waals surface area (Å²) in [7, 11) is 0. The summed E-state index contributed by atoms with van der Waals surface area (Å²) in [5, 5.41) is 0. The second-order valence-corrected chi connectivity index (χ2v) is 3.97. The summed E-state index contributed by atoms with van der Waals surface area (Å²) in [5.41, 5.74) is 1.01. The van der Waals surface area contributed by atoms with E-state index in [0.29, 0.717) is 12.8 Å². The van der Waals surface area contributed by atoms with Gasteiger partial charge in [0.1, 0.15) is 0 Å². The van der Waals surface area contributed by atoms with E-state index in [1.165, 1.54) is 0 Å². The number of hydrogen-bond donors (Lipinski definition) is 0. The van der Waals surface area contributed by atoms with Gasteiger partial charge in [0, 0.05) is 0 Å². The molecule has 2 rings (SSSR count). The summed E-state index contributed by atoms with van der Waals surface area (Å²) < 4.78 is 36.8. The summed E-state index contributed by atoms with van der Waals surface area (Å²) >= 11 is 0. The molecule has 76 valence electrons. The van der Waals surface area contributed by atoms with Gasteiger partial charge in [-0.2, -0.15) is 0 Å². The summed E-state index contributed by atoms with van der Waals surface area (Å²) in [5.74, 6) is -1.15. The average molecular weight is 199 g/mol. The lowest BCUT2D eigenvalue weighted by Crippen LogP contribution is -2.16. The van der Waals surface area contributed by atoms with Crippen molar-refractivity contribution in [2.75, 3.05) is 0 Å². The highest BCUT2D eigenvalue weighted by atomic mass is 19.4. The topological polar surface area (TPSA) is 0 Å². The fraction of sp³-hybridized carbons (Fsp3) is 0.400. The van der Waals surface area contributed by atoms with Crippen LogP contribution in [0.5, 0.6) is 0 Å². The molecule has 0 amide bonds. The van der Waals surface area contributed by atoms with Gasteiger partial charge < -0.3 is 12.9 Å². The fourth-order valence-corrected chi connectivity index (χ4v) is 1.89. The van der Waals surface area contributed by atoms with Gasteiger partial charge in [-0.3, -0.25) is 0 Å². The number of hydrogen-bond acceptors (Lipinski definition) is 0. The largest absolute Gasteiger partial charge is 0.481 e. The zero-order valence-corrected chi connectivity index (χ0v) is 7.67. The Bertz CT molecular complexity index is 307. The minimum atomic E-state index is -4.60. The first-order valence-electron chi connectivity index (χ1n) is 4.81. The molecule has 1 saturated carbocycles. The molecular weight excluding hydrogens is 188 g/mol. The van der Waals surface area contributed by atoms with E-state index in [4.69, 9.17) is 0 Å². The molecule has 1 fully saturated rings. The average Bonchev–Trinajstić information content (AvgIpc) is 2.85. The molecule has 0 bridgehead atoms. The predicted octanol–water partition coefficient (Wildman–Crippen LogP) is 3.47. The molecule has 0 radical (unpaired) electrons. The molecule has 0 heterocycles. The summed E-state index contributed by atoms with van der Waals surface area (Å²) in [6, 6.07) is 9.38. The Morgan fingerprint density at radius 3 is 2.29 bits per heavy atom. The van der Waals surface area contributed by atoms with Crippen molar-refractivity contribution in [3.8, 4) is 0 Å². The molecule has 0 saturated heterocycles. The monoisotopic (exact) mass is 199 g/mol. The van der Waals surface area contributed by atoms with E-state index in [-0.39, 0.29) is 5.92 Å². The molecule has 1 aromatic carbocycles. The van der Waals surface area contributed by atoms with Crippen LogP contribution in [0.25, 0.3) is 0 Å². The normalized spacial score (nSPS) is 26.2. The summed E-state index contributed by atoms with van der Waals surface area (Å²) in [4.78, 5) is 0. The first-order valence-corrected chi connectivity index (χ1v) is 4.81. The smallest absolute Gasteiger partial charge is 0.449 e. The molecular formula is C10H11BF3-. The quantitative estimate of drug-likeness (QED) is 0.653. The van der Waals surface area contributed by atoms with Gasteiger partial charge in [-0.1, -0.05) is 48.5 Å². The molecule has 0 aromatic heterocycles. The van der Waals surface area contributed by atoms with Gasteiger partial charge >= 0.3 is 6.98 Å². The van der Waals surface area contributed by atoms with Gasteiger partial charge in [-0.25, -0.2) is 0 Å². The molecule has 0 aliphatic heterocycles. The van der Waals surface area contributed by atoms with E-state index < -0.39 is 12.8 Å². The second-order valence-electron chi connectivity index (χ2n) is 3.97. The highest BCUT2D eigenvalue weighted by Crippen LogP contribution is 2.54. The van der Waals surface area contributed by atoms with Crippen LogP contribution < -0.4 is 0 Å². The molecule has 2 atom stereocenters. The van der Waals surface area contributed by atoms with E-state index >= 15 is 0 Å². The van der Waals surface area contributed by atoms with Crippen molar-refractivity contribution in [1.29, 1.82) is 0 Å². The third-order valence-electron chi connectivity index (χ3n) is 2.80. The molecule has 0 nitrogen and oxygen atoms in total. The number of halogens is 3. The van der Waals surface area contributed by atoms with Crippen LogP contribution in [0, 0.1) is 5.92 Å². The molecule has 14 heavy (non-hydrogen) atoms. The van der Waals surface area contributed by atoms with E-state index in [0.717, 1.165) is 5.56 Å². The van der Waals surface area contributed by atoms with Crippen molar-refractivity contribution in [1.82, 2.24) is 0 Å². The van der Waals surface area contributed by atoms with Crippen LogP contribution in [0.3, 0.4) is 0 Å². The van der Waals surface area contributed by atoms with Crippen LogP contribution >= 0.6 is 0 Å². The Kier molecular flexibility index (Phi) is 2.29. The van der Waals surface area contributed by atoms with Crippen LogP contribution in [0.4, 0.5) is 12.9 Å². The van der Waals surface area contributed by atoms with E-state index in [2.05, 4.69) is 0 Å². The molecule has 1 aliphatic carbocycles. The van der Waals surface area contributed by atoms with Crippen molar-refractivity contribution < 1.29 is 12.9 Å². The third-order valence-corrected chi connectivity index (χ3v) is 2.80. The zero-order chi connectivity index (χ0) is 10.2. The van der Waals surface area contributed by atoms with Gasteiger partial charge in [-0.05, 0) is 12.0 Å². The molecule has 1 aliphatic rings. The Morgan fingerprint density at radius 1 is 1.14 bits per heavy atom. The SMILES string of the molecule is F[B-](F)(F)[C@H]1C[C@H]1Cc1ccccc1. The third kappa shape index (κ3) is 2.11. The molecule has 0 N–H and O–H groups in total. The Labute approximate surface area is 81.2 Å². The standard InChI is InChI=1S/C10H11BF3/c12-11(13,14)10-7-9(10)6-8-4-2-1-3-5-8/h1-5,9-10H,6-7H2/q-1/t9-,10+/m1/s1. The number of benzene rings is 1. The highest BCUT2D eigenvalue weighted by molar-refractivity contribution is 6.61. The summed E-state index contributed by atoms with van der Waals surface area (Å²) in [6.45, 7) is -4.60. The van der Waals surface area contributed by atoms with E-state index in [1.807, 2.05) is 30.3 Å². The lowest BCUT2D eigenvalue weighted by molar-refractivity contribution is 0.459. The number of rotatable bonds is 3. The van der Waals surface area contributed by atoms with Crippen molar-refractivity contribution in [2.24, 2.45) is 5.92 Å². The van der Waals surface area contributed by atoms with Crippen LogP contribution in [0.15, 0.2) is 30.3 Å². The minimum Gasteiger partial charge on any atom is -0.449 e. The van der Waals surface area contributed by atoms with Crippen molar-refractivity contribution in [2.45, 2.75) is 18.7 Å². The van der Waals surface area contributed by atoms with Gasteiger partial charge in [0.25, 0.3) is 0 Å². The Hall–Kier alpha value is -0.925. The van der Waals surface area contributed by atoms with Crippen LogP contribution in [-0.4, -0.2) is 6.98 Å².